The molecule has 13 heteroatoms. The number of allylic oxidation sites excluding steroid dienone is 1. The zero-order valence-electron chi connectivity index (χ0n) is 18.1. The number of nitrogens with one attached hydrogen (secondary N) is 2. The predicted molar refractivity (Wildman–Crippen MR) is 116 cm³/mol. The highest BCUT2D eigenvalue weighted by Crippen LogP contribution is 2.30. The summed E-state index contributed by atoms with van der Waals surface area (Å²) in [4.78, 5) is 15.6. The van der Waals surface area contributed by atoms with Crippen LogP contribution in [0, 0.1) is 34.0 Å². The number of nitriles is 2. The summed E-state index contributed by atoms with van der Waals surface area (Å²) in [6.45, 7) is 1.53. The van der Waals surface area contributed by atoms with Gasteiger partial charge in [0.05, 0.1) is 36.9 Å². The van der Waals surface area contributed by atoms with Crippen LogP contribution in [-0.2, 0) is 11.3 Å². The fourth-order valence-electron chi connectivity index (χ4n) is 4.07. The maximum atomic E-state index is 15.0. The lowest BCUT2D eigenvalue weighted by Crippen LogP contribution is -2.42. The molecule has 1 aromatic carbocycles. The van der Waals surface area contributed by atoms with Gasteiger partial charge in [0.25, 0.3) is 0 Å². The highest BCUT2D eigenvalue weighted by Gasteiger charge is 2.34. The molecule has 2 aromatic rings. The highest BCUT2D eigenvalue weighted by molar-refractivity contribution is 5.90. The topological polar surface area (TPSA) is 159 Å². The summed E-state index contributed by atoms with van der Waals surface area (Å²) in [6.07, 6.45) is 2.71. The molecule has 2 aliphatic rings. The van der Waals surface area contributed by atoms with E-state index in [1.165, 1.54) is 21.8 Å². The quantitative estimate of drug-likeness (QED) is 0.466. The van der Waals surface area contributed by atoms with E-state index in [0.717, 1.165) is 6.20 Å². The Bertz CT molecular complexity index is 1190. The predicted octanol–water partition coefficient (Wildman–Crippen LogP) is 2.27. The van der Waals surface area contributed by atoms with Gasteiger partial charge in [0.2, 0.25) is 0 Å². The molecule has 2 fully saturated rings. The summed E-state index contributed by atoms with van der Waals surface area (Å²) in [6, 6.07) is 8.59. The summed E-state index contributed by atoms with van der Waals surface area (Å²) in [5, 5.41) is 31.8. The average Bonchev–Trinajstić information content (AvgIpc) is 3.45. The lowest BCUT2D eigenvalue weighted by Gasteiger charge is -2.34. The Morgan fingerprint density at radius 2 is 2.18 bits per heavy atom. The van der Waals surface area contributed by atoms with Crippen molar-refractivity contribution in [2.75, 3.05) is 29.4 Å². The van der Waals surface area contributed by atoms with Crippen LogP contribution in [0.4, 0.5) is 20.6 Å². The number of carbonyl (C=O) groups excluding carboxylic acids is 1. The van der Waals surface area contributed by atoms with Gasteiger partial charge in [-0.3, -0.25) is 4.90 Å². The van der Waals surface area contributed by atoms with Gasteiger partial charge in [0, 0.05) is 19.1 Å². The Labute approximate surface area is 194 Å². The van der Waals surface area contributed by atoms with Gasteiger partial charge >= 0.3 is 6.09 Å². The lowest BCUT2D eigenvalue weighted by molar-refractivity contribution is 0.129. The van der Waals surface area contributed by atoms with Crippen molar-refractivity contribution in [2.45, 2.75) is 31.5 Å². The van der Waals surface area contributed by atoms with Gasteiger partial charge in [-0.25, -0.2) is 19.4 Å². The molecule has 0 unspecified atom stereocenters. The molecule has 2 N–H and O–H groups in total. The number of rotatable bonds is 7. The van der Waals surface area contributed by atoms with Crippen LogP contribution in [0.25, 0.3) is 0 Å². The van der Waals surface area contributed by atoms with Crippen LogP contribution < -0.4 is 15.1 Å². The molecule has 0 spiro atoms. The summed E-state index contributed by atoms with van der Waals surface area (Å²) >= 11 is 0. The van der Waals surface area contributed by atoms with E-state index in [-0.39, 0.29) is 30.5 Å². The second kappa shape index (κ2) is 9.95. The number of benzene rings is 1. The Balaban J connectivity index is 1.38. The molecule has 1 atom stereocenters. The zero-order valence-corrected chi connectivity index (χ0v) is 18.1. The number of nitrogens with zero attached hydrogens (tertiary/aromatic N) is 8. The van der Waals surface area contributed by atoms with Crippen LogP contribution in [0.3, 0.4) is 0 Å². The minimum atomic E-state index is -0.594. The van der Waals surface area contributed by atoms with Gasteiger partial charge < -0.3 is 15.0 Å². The molecule has 4 rings (SSSR count). The Hall–Kier alpha value is -4.52. The van der Waals surface area contributed by atoms with Gasteiger partial charge in [0.15, 0.2) is 5.69 Å². The number of amides is 1. The van der Waals surface area contributed by atoms with Crippen molar-refractivity contribution in [3.63, 3.8) is 0 Å². The van der Waals surface area contributed by atoms with Gasteiger partial charge in [-0.05, 0) is 31.0 Å². The molecule has 0 aliphatic carbocycles. The van der Waals surface area contributed by atoms with Crippen LogP contribution >= 0.6 is 0 Å². The first-order valence-corrected chi connectivity index (χ1v) is 10.6. The van der Waals surface area contributed by atoms with Crippen molar-refractivity contribution in [1.29, 1.82) is 16.1 Å². The molecule has 2 aliphatic heterocycles. The maximum Gasteiger partial charge on any atom is 0.414 e. The Morgan fingerprint density at radius 3 is 2.85 bits per heavy atom. The van der Waals surface area contributed by atoms with Crippen LogP contribution in [0.1, 0.15) is 18.5 Å². The molecule has 1 amide bonds. The van der Waals surface area contributed by atoms with Gasteiger partial charge in [-0.1, -0.05) is 5.21 Å². The first-order chi connectivity index (χ1) is 16.5. The number of carbonyl (C=O) groups is 1. The van der Waals surface area contributed by atoms with Gasteiger partial charge in [0.1, 0.15) is 29.8 Å². The molecular formula is C21H21FN10O2. The third-order valence-corrected chi connectivity index (χ3v) is 5.74. The van der Waals surface area contributed by atoms with Crippen molar-refractivity contribution in [3.05, 3.63) is 47.8 Å². The van der Waals surface area contributed by atoms with E-state index in [9.17, 15) is 9.18 Å². The van der Waals surface area contributed by atoms with Gasteiger partial charge in [-0.2, -0.15) is 15.6 Å². The van der Waals surface area contributed by atoms with Crippen LogP contribution in [-0.4, -0.2) is 52.9 Å². The summed E-state index contributed by atoms with van der Waals surface area (Å²) in [5.41, 5.74) is 8.15. The number of piperidine rings is 1. The van der Waals surface area contributed by atoms with E-state index >= 15 is 0 Å². The fraction of sp³-hybridized carbons (Fsp3) is 0.381. The summed E-state index contributed by atoms with van der Waals surface area (Å²) in [5.74, 6) is -0.450. The Morgan fingerprint density at radius 1 is 1.38 bits per heavy atom. The van der Waals surface area contributed by atoms with E-state index in [4.69, 9.17) is 20.8 Å². The van der Waals surface area contributed by atoms with Crippen LogP contribution in [0.5, 0.6) is 0 Å². The van der Waals surface area contributed by atoms with Crippen LogP contribution in [0.15, 0.2) is 41.4 Å². The largest absolute Gasteiger partial charge is 0.442 e. The number of cyclic esters (lactones) is 1. The minimum absolute atomic E-state index is 0.0362. The molecule has 0 radical (unpaired) electrons. The molecule has 34 heavy (non-hydrogen) atoms. The smallest absolute Gasteiger partial charge is 0.414 e. The van der Waals surface area contributed by atoms with Crippen molar-refractivity contribution in [1.82, 2.24) is 20.3 Å². The van der Waals surface area contributed by atoms with Crippen molar-refractivity contribution in [3.8, 4) is 12.1 Å². The van der Waals surface area contributed by atoms with E-state index in [0.29, 0.717) is 37.3 Å². The SMILES string of the molecule is N#C/C(=C/N=N)NC1CCN(c2ccc(N3C[C@H](Cn4nncc4C#N)OC3=O)cc2F)CC1. The third kappa shape index (κ3) is 4.78. The molecule has 2 saturated heterocycles. The molecule has 1 aromatic heterocycles. The lowest BCUT2D eigenvalue weighted by atomic mass is 10.0. The third-order valence-electron chi connectivity index (χ3n) is 5.74. The van der Waals surface area contributed by atoms with Crippen molar-refractivity contribution < 1.29 is 13.9 Å². The number of ether oxygens (including phenoxy) is 1. The standard InChI is InChI=1S/C21H21FN10O2/c22-19-7-16(31-12-18(34-21(31)33)13-32-17(9-24)11-27-29-32)1-2-20(19)30-5-3-14(4-6-30)28-15(8-23)10-26-25/h1-2,7,10-11,14,18,25,28H,3-6,12-13H2/b15-10-,26-25?/t18-/m1/s1. The molecule has 3 heterocycles. The Kier molecular flexibility index (Phi) is 6.64. The van der Waals surface area contributed by atoms with Crippen molar-refractivity contribution >= 4 is 17.5 Å². The minimum Gasteiger partial charge on any atom is -0.442 e. The monoisotopic (exact) mass is 464 g/mol. The van der Waals surface area contributed by atoms with Gasteiger partial charge in [-0.15, -0.1) is 5.10 Å². The normalized spacial score (nSPS) is 18.9. The van der Waals surface area contributed by atoms with Crippen molar-refractivity contribution in [2.24, 2.45) is 5.11 Å². The fourth-order valence-corrected chi connectivity index (χ4v) is 4.07. The molecular weight excluding hydrogens is 443 g/mol. The van der Waals surface area contributed by atoms with Crippen LogP contribution in [0.2, 0.25) is 0 Å². The van der Waals surface area contributed by atoms with E-state index in [1.807, 2.05) is 17.0 Å². The zero-order chi connectivity index (χ0) is 24.1. The molecule has 0 saturated carbocycles. The number of hydrogen-bond acceptors (Lipinski definition) is 10. The number of aromatic nitrogens is 3. The second-order valence-electron chi connectivity index (χ2n) is 7.85. The van der Waals surface area contributed by atoms with E-state index in [2.05, 4.69) is 20.7 Å². The number of anilines is 2. The molecule has 12 nitrogen and oxygen atoms in total. The second-order valence-corrected chi connectivity index (χ2v) is 7.85. The highest BCUT2D eigenvalue weighted by atomic mass is 19.1. The number of halogens is 1. The molecule has 174 valence electrons. The summed E-state index contributed by atoms with van der Waals surface area (Å²) in [7, 11) is 0. The maximum absolute atomic E-state index is 15.0. The molecule has 0 bridgehead atoms. The number of hydrogen-bond donors (Lipinski definition) is 2. The average molecular weight is 464 g/mol. The summed E-state index contributed by atoms with van der Waals surface area (Å²) < 4.78 is 21.7. The first kappa shape index (κ1) is 22.7. The van der Waals surface area contributed by atoms with E-state index < -0.39 is 18.0 Å². The first-order valence-electron chi connectivity index (χ1n) is 10.6. The van der Waals surface area contributed by atoms with E-state index in [1.54, 1.807) is 12.1 Å².